The minimum Gasteiger partial charge on any atom is -0.343 e. The second kappa shape index (κ2) is 9.01. The Balaban J connectivity index is 1.30. The molecule has 162 valence electrons. The molecule has 1 aliphatic rings. The summed E-state index contributed by atoms with van der Waals surface area (Å²) in [7, 11) is 0. The predicted octanol–water partition coefficient (Wildman–Crippen LogP) is 5.17. The maximum atomic E-state index is 13.9. The van der Waals surface area contributed by atoms with Gasteiger partial charge in [0.1, 0.15) is 21.9 Å². The normalized spacial score (nSPS) is 13.2. The maximum Gasteiger partial charge on any atom is 0.234 e. The van der Waals surface area contributed by atoms with Gasteiger partial charge in [-0.05, 0) is 35.7 Å². The van der Waals surface area contributed by atoms with Crippen molar-refractivity contribution in [2.24, 2.45) is 0 Å². The molecule has 2 aromatic heterocycles. The van der Waals surface area contributed by atoms with Gasteiger partial charge in [-0.2, -0.15) is 4.98 Å². The standard InChI is InChI=1S/C22H17ClFN5OS2/c23-15-5-6-17(16(24)9-15)27-18(30)11-31-21-19-20(25-12-26-21)28-22(32-19)29-8-7-13-3-1-2-4-14(13)10-29/h1-6,9,12H,7-8,10-11H2,(H,27,30). The van der Waals surface area contributed by atoms with Gasteiger partial charge in [-0.25, -0.2) is 14.4 Å². The number of hydrogen-bond donors (Lipinski definition) is 1. The zero-order valence-electron chi connectivity index (χ0n) is 16.7. The van der Waals surface area contributed by atoms with Crippen LogP contribution in [0.3, 0.4) is 0 Å². The predicted molar refractivity (Wildman–Crippen MR) is 127 cm³/mol. The summed E-state index contributed by atoms with van der Waals surface area (Å²) in [5.41, 5.74) is 3.40. The summed E-state index contributed by atoms with van der Waals surface area (Å²) in [6.07, 6.45) is 2.43. The second-order valence-electron chi connectivity index (χ2n) is 7.23. The molecular weight excluding hydrogens is 469 g/mol. The van der Waals surface area contributed by atoms with E-state index in [0.29, 0.717) is 10.7 Å². The van der Waals surface area contributed by atoms with Crippen molar-refractivity contribution < 1.29 is 9.18 Å². The lowest BCUT2D eigenvalue weighted by Crippen LogP contribution is -2.30. The number of nitrogens with zero attached hydrogens (tertiary/aromatic N) is 4. The van der Waals surface area contributed by atoms with E-state index in [0.717, 1.165) is 35.4 Å². The van der Waals surface area contributed by atoms with Crippen molar-refractivity contribution in [2.45, 2.75) is 18.0 Å². The van der Waals surface area contributed by atoms with Crippen molar-refractivity contribution in [2.75, 3.05) is 22.5 Å². The van der Waals surface area contributed by atoms with E-state index in [1.165, 1.54) is 52.7 Å². The lowest BCUT2D eigenvalue weighted by atomic mass is 10.0. The molecule has 10 heteroatoms. The van der Waals surface area contributed by atoms with Crippen molar-refractivity contribution in [1.82, 2.24) is 15.0 Å². The Hall–Kier alpha value is -2.75. The zero-order chi connectivity index (χ0) is 22.1. The molecule has 0 aliphatic carbocycles. The lowest BCUT2D eigenvalue weighted by Gasteiger charge is -2.28. The summed E-state index contributed by atoms with van der Waals surface area (Å²) in [6.45, 7) is 1.70. The summed E-state index contributed by atoms with van der Waals surface area (Å²) >= 11 is 8.56. The molecule has 32 heavy (non-hydrogen) atoms. The van der Waals surface area contributed by atoms with Gasteiger partial charge in [-0.3, -0.25) is 4.79 Å². The molecule has 0 radical (unpaired) electrons. The summed E-state index contributed by atoms with van der Waals surface area (Å²) in [4.78, 5) is 27.9. The van der Waals surface area contributed by atoms with E-state index in [4.69, 9.17) is 16.6 Å². The van der Waals surface area contributed by atoms with Crippen LogP contribution < -0.4 is 10.2 Å². The second-order valence-corrected chi connectivity index (χ2v) is 9.61. The average Bonchev–Trinajstić information content (AvgIpc) is 3.24. The number of anilines is 2. The molecule has 0 saturated heterocycles. The summed E-state index contributed by atoms with van der Waals surface area (Å²) in [6, 6.07) is 12.6. The molecule has 1 amide bonds. The lowest BCUT2D eigenvalue weighted by molar-refractivity contribution is -0.113. The van der Waals surface area contributed by atoms with Crippen LogP contribution in [0.15, 0.2) is 53.8 Å². The molecule has 4 aromatic rings. The minimum absolute atomic E-state index is 0.0818. The van der Waals surface area contributed by atoms with Crippen molar-refractivity contribution in [3.05, 3.63) is 70.8 Å². The number of hydrogen-bond acceptors (Lipinski definition) is 7. The monoisotopic (exact) mass is 485 g/mol. The smallest absolute Gasteiger partial charge is 0.234 e. The Morgan fingerprint density at radius 3 is 2.91 bits per heavy atom. The quantitative estimate of drug-likeness (QED) is 0.310. The largest absolute Gasteiger partial charge is 0.343 e. The highest BCUT2D eigenvalue weighted by Gasteiger charge is 2.21. The maximum absolute atomic E-state index is 13.9. The molecule has 5 rings (SSSR count). The molecule has 1 aliphatic heterocycles. The van der Waals surface area contributed by atoms with Crippen LogP contribution in [-0.4, -0.2) is 33.2 Å². The van der Waals surface area contributed by atoms with E-state index in [1.54, 1.807) is 0 Å². The van der Waals surface area contributed by atoms with Gasteiger partial charge in [-0.15, -0.1) is 0 Å². The Kier molecular flexibility index (Phi) is 5.95. The van der Waals surface area contributed by atoms with Crippen molar-refractivity contribution >= 4 is 61.8 Å². The van der Waals surface area contributed by atoms with E-state index in [1.807, 2.05) is 0 Å². The first-order valence-corrected chi connectivity index (χ1v) is 12.1. The van der Waals surface area contributed by atoms with Gasteiger partial charge >= 0.3 is 0 Å². The fourth-order valence-corrected chi connectivity index (χ4v) is 5.60. The van der Waals surface area contributed by atoms with E-state index in [9.17, 15) is 9.18 Å². The van der Waals surface area contributed by atoms with Crippen LogP contribution in [0.2, 0.25) is 5.02 Å². The van der Waals surface area contributed by atoms with Crippen molar-refractivity contribution in [3.63, 3.8) is 0 Å². The molecule has 0 spiro atoms. The molecule has 6 nitrogen and oxygen atoms in total. The van der Waals surface area contributed by atoms with E-state index in [-0.39, 0.29) is 22.4 Å². The number of aromatic nitrogens is 3. The Labute approximate surface area is 196 Å². The Morgan fingerprint density at radius 2 is 2.06 bits per heavy atom. The van der Waals surface area contributed by atoms with Gasteiger partial charge in [0.05, 0.1) is 11.4 Å². The first-order chi connectivity index (χ1) is 15.6. The third-order valence-electron chi connectivity index (χ3n) is 5.09. The third kappa shape index (κ3) is 4.41. The number of fused-ring (bicyclic) bond motifs is 2. The number of benzene rings is 2. The van der Waals surface area contributed by atoms with Crippen molar-refractivity contribution in [3.8, 4) is 0 Å². The van der Waals surface area contributed by atoms with Crippen LogP contribution in [-0.2, 0) is 17.8 Å². The zero-order valence-corrected chi connectivity index (χ0v) is 19.1. The molecule has 0 atom stereocenters. The average molecular weight is 486 g/mol. The Morgan fingerprint density at radius 1 is 1.22 bits per heavy atom. The molecule has 3 heterocycles. The van der Waals surface area contributed by atoms with E-state index >= 15 is 0 Å². The molecule has 2 aromatic carbocycles. The fourth-order valence-electron chi connectivity index (χ4n) is 3.53. The van der Waals surface area contributed by atoms with E-state index < -0.39 is 5.82 Å². The van der Waals surface area contributed by atoms with Gasteiger partial charge in [0.15, 0.2) is 10.8 Å². The van der Waals surface area contributed by atoms with Crippen LogP contribution in [0, 0.1) is 5.82 Å². The van der Waals surface area contributed by atoms with E-state index in [2.05, 4.69) is 44.5 Å². The van der Waals surface area contributed by atoms with Crippen LogP contribution in [0.25, 0.3) is 10.3 Å². The first kappa shape index (κ1) is 21.1. The number of nitrogens with one attached hydrogen (secondary N) is 1. The molecule has 1 N–H and O–H groups in total. The number of amides is 1. The number of carbonyl (C=O) groups excluding carboxylic acids is 1. The molecule has 0 saturated carbocycles. The highest BCUT2D eigenvalue weighted by molar-refractivity contribution is 8.00. The summed E-state index contributed by atoms with van der Waals surface area (Å²) in [5.74, 6) is -0.825. The van der Waals surface area contributed by atoms with Gasteiger partial charge in [0.25, 0.3) is 0 Å². The van der Waals surface area contributed by atoms with Gasteiger partial charge in [0.2, 0.25) is 5.91 Å². The highest BCUT2D eigenvalue weighted by atomic mass is 35.5. The number of thiazole rings is 1. The third-order valence-corrected chi connectivity index (χ3v) is 7.56. The number of thioether (sulfide) groups is 1. The van der Waals surface area contributed by atoms with Crippen LogP contribution in [0.5, 0.6) is 0 Å². The van der Waals surface area contributed by atoms with Crippen LogP contribution in [0.4, 0.5) is 15.2 Å². The first-order valence-electron chi connectivity index (χ1n) is 9.88. The van der Waals surface area contributed by atoms with Gasteiger partial charge in [-0.1, -0.05) is 59.0 Å². The molecule has 0 bridgehead atoms. The van der Waals surface area contributed by atoms with Crippen LogP contribution >= 0.6 is 34.7 Å². The molecule has 0 unspecified atom stereocenters. The molecule has 0 fully saturated rings. The van der Waals surface area contributed by atoms with Gasteiger partial charge in [0, 0.05) is 18.1 Å². The Bertz CT molecular complexity index is 1310. The number of halogens is 2. The van der Waals surface area contributed by atoms with Crippen molar-refractivity contribution in [1.29, 1.82) is 0 Å². The fraction of sp³-hybridized carbons (Fsp3) is 0.182. The summed E-state index contributed by atoms with van der Waals surface area (Å²) in [5, 5.41) is 4.42. The topological polar surface area (TPSA) is 71.0 Å². The number of rotatable bonds is 5. The number of carbonyl (C=O) groups is 1. The summed E-state index contributed by atoms with van der Waals surface area (Å²) < 4.78 is 14.8. The molecular formula is C22H17ClFN5OS2. The van der Waals surface area contributed by atoms with Crippen LogP contribution in [0.1, 0.15) is 11.1 Å². The minimum atomic E-state index is -0.574. The SMILES string of the molecule is O=C(CSc1ncnc2nc(N3CCc4ccccc4C3)sc12)Nc1ccc(Cl)cc1F. The highest BCUT2D eigenvalue weighted by Crippen LogP contribution is 2.35. The van der Waals surface area contributed by atoms with Gasteiger partial charge < -0.3 is 10.2 Å².